The van der Waals surface area contributed by atoms with Crippen LogP contribution in [0.3, 0.4) is 0 Å². The van der Waals surface area contributed by atoms with Crippen LogP contribution in [0.25, 0.3) is 0 Å². The van der Waals surface area contributed by atoms with Crippen molar-refractivity contribution < 1.29 is 0 Å². The molecule has 1 saturated heterocycles. The number of piperidine rings is 1. The Morgan fingerprint density at radius 2 is 1.70 bits per heavy atom. The molecule has 2 fully saturated rings. The molecule has 58 valence electrons. The van der Waals surface area contributed by atoms with Crippen LogP contribution in [0.5, 0.6) is 0 Å². The minimum atomic E-state index is 1.04. The number of hydrogen-bond donors (Lipinski definition) is 1. The minimum Gasteiger partial charge on any atom is -0.316 e. The van der Waals surface area contributed by atoms with Crippen molar-refractivity contribution in [3.05, 3.63) is 0 Å². The molecule has 10 heavy (non-hydrogen) atoms. The van der Waals surface area contributed by atoms with E-state index >= 15 is 0 Å². The summed E-state index contributed by atoms with van der Waals surface area (Å²) in [6, 6.07) is 0. The smallest absolute Gasteiger partial charge is 0.00179 e. The molecule has 1 heteroatoms. The summed E-state index contributed by atoms with van der Waals surface area (Å²) < 4.78 is 0. The molecular formula is C9H17N. The van der Waals surface area contributed by atoms with Gasteiger partial charge in [0.05, 0.1) is 0 Å². The molecule has 0 unspecified atom stereocenters. The molecule has 2 aliphatic rings. The summed E-state index contributed by atoms with van der Waals surface area (Å²) in [7, 11) is 0. The number of hydrogen-bond acceptors (Lipinski definition) is 1. The van der Waals surface area contributed by atoms with E-state index in [9.17, 15) is 0 Å². The highest BCUT2D eigenvalue weighted by atomic mass is 14.9. The van der Waals surface area contributed by atoms with E-state index in [4.69, 9.17) is 0 Å². The van der Waals surface area contributed by atoms with E-state index in [-0.39, 0.29) is 0 Å². The molecular weight excluding hydrogens is 122 g/mol. The first kappa shape index (κ1) is 6.66. The first-order valence-corrected chi connectivity index (χ1v) is 4.67. The molecule has 0 aromatic carbocycles. The van der Waals surface area contributed by atoms with Gasteiger partial charge in [0.15, 0.2) is 0 Å². The molecule has 1 nitrogen and oxygen atoms in total. The van der Waals surface area contributed by atoms with Gasteiger partial charge in [-0.1, -0.05) is 19.3 Å². The highest BCUT2D eigenvalue weighted by molar-refractivity contribution is 4.81. The zero-order valence-electron chi connectivity index (χ0n) is 6.60. The molecule has 0 bridgehead atoms. The van der Waals surface area contributed by atoms with Crippen LogP contribution in [0.1, 0.15) is 32.1 Å². The molecule has 0 spiro atoms. The van der Waals surface area contributed by atoms with Crippen molar-refractivity contribution in [1.29, 1.82) is 0 Å². The van der Waals surface area contributed by atoms with E-state index < -0.39 is 0 Å². The van der Waals surface area contributed by atoms with E-state index in [1.165, 1.54) is 45.2 Å². The second-order valence-corrected chi connectivity index (χ2v) is 3.80. The van der Waals surface area contributed by atoms with E-state index in [1.807, 2.05) is 0 Å². The topological polar surface area (TPSA) is 12.0 Å². The average Bonchev–Trinajstić information content (AvgIpc) is 2.05. The van der Waals surface area contributed by atoms with Crippen molar-refractivity contribution in [2.24, 2.45) is 11.8 Å². The van der Waals surface area contributed by atoms with E-state index in [0.29, 0.717) is 0 Å². The Morgan fingerprint density at radius 3 is 2.50 bits per heavy atom. The van der Waals surface area contributed by atoms with Gasteiger partial charge >= 0.3 is 0 Å². The van der Waals surface area contributed by atoms with Gasteiger partial charge in [-0.2, -0.15) is 0 Å². The molecule has 2 atom stereocenters. The lowest BCUT2D eigenvalue weighted by Crippen LogP contribution is -2.38. The highest BCUT2D eigenvalue weighted by Crippen LogP contribution is 2.33. The average molecular weight is 139 g/mol. The van der Waals surface area contributed by atoms with Crippen molar-refractivity contribution in [2.45, 2.75) is 32.1 Å². The van der Waals surface area contributed by atoms with Gasteiger partial charge in [0.1, 0.15) is 0 Å². The second kappa shape index (κ2) is 2.91. The summed E-state index contributed by atoms with van der Waals surface area (Å²) >= 11 is 0. The van der Waals surface area contributed by atoms with E-state index in [1.54, 1.807) is 0 Å². The Labute approximate surface area is 63.2 Å². The van der Waals surface area contributed by atoms with Crippen LogP contribution in [0.4, 0.5) is 0 Å². The van der Waals surface area contributed by atoms with Crippen LogP contribution in [0.15, 0.2) is 0 Å². The normalized spacial score (nSPS) is 40.8. The zero-order chi connectivity index (χ0) is 6.81. The monoisotopic (exact) mass is 139 g/mol. The van der Waals surface area contributed by atoms with Crippen molar-refractivity contribution in [1.82, 2.24) is 5.32 Å². The fourth-order valence-electron chi connectivity index (χ4n) is 2.51. The SMILES string of the molecule is C1CC[C@@H]2CNCC[C@H]2C1. The summed E-state index contributed by atoms with van der Waals surface area (Å²) in [6.45, 7) is 2.59. The Balaban J connectivity index is 1.93. The lowest BCUT2D eigenvalue weighted by atomic mass is 9.76. The van der Waals surface area contributed by atoms with Crippen LogP contribution >= 0.6 is 0 Å². The maximum Gasteiger partial charge on any atom is -0.00179 e. The summed E-state index contributed by atoms with van der Waals surface area (Å²) in [6.07, 6.45) is 7.46. The quantitative estimate of drug-likeness (QED) is 0.539. The van der Waals surface area contributed by atoms with Gasteiger partial charge in [-0.3, -0.25) is 0 Å². The van der Waals surface area contributed by atoms with Gasteiger partial charge in [-0.25, -0.2) is 0 Å². The Morgan fingerprint density at radius 1 is 0.900 bits per heavy atom. The van der Waals surface area contributed by atoms with Crippen molar-refractivity contribution in [2.75, 3.05) is 13.1 Å². The summed E-state index contributed by atoms with van der Waals surface area (Å²) in [5.41, 5.74) is 0. The number of rotatable bonds is 0. The van der Waals surface area contributed by atoms with Crippen molar-refractivity contribution in [3.8, 4) is 0 Å². The highest BCUT2D eigenvalue weighted by Gasteiger charge is 2.26. The van der Waals surface area contributed by atoms with Crippen LogP contribution in [-0.4, -0.2) is 13.1 Å². The Kier molecular flexibility index (Phi) is 1.94. The largest absolute Gasteiger partial charge is 0.316 e. The summed E-state index contributed by atoms with van der Waals surface area (Å²) in [5.74, 6) is 2.14. The van der Waals surface area contributed by atoms with Crippen LogP contribution in [0.2, 0.25) is 0 Å². The van der Waals surface area contributed by atoms with E-state index in [2.05, 4.69) is 5.32 Å². The number of nitrogens with one attached hydrogen (secondary N) is 1. The van der Waals surface area contributed by atoms with Gasteiger partial charge in [0.25, 0.3) is 0 Å². The Bertz CT molecular complexity index is 85.3. The number of fused-ring (bicyclic) bond motifs is 1. The lowest BCUT2D eigenvalue weighted by molar-refractivity contribution is 0.185. The molecule has 1 N–H and O–H groups in total. The fraction of sp³-hybridized carbons (Fsp3) is 1.00. The summed E-state index contributed by atoms with van der Waals surface area (Å²) in [4.78, 5) is 0. The maximum atomic E-state index is 3.48. The van der Waals surface area contributed by atoms with Gasteiger partial charge < -0.3 is 5.32 Å². The second-order valence-electron chi connectivity index (χ2n) is 3.80. The molecule has 0 aromatic heterocycles. The van der Waals surface area contributed by atoms with Gasteiger partial charge in [-0.15, -0.1) is 0 Å². The Hall–Kier alpha value is -0.0400. The molecule has 1 aliphatic heterocycles. The van der Waals surface area contributed by atoms with Crippen molar-refractivity contribution >= 4 is 0 Å². The summed E-state index contributed by atoms with van der Waals surface area (Å²) in [5, 5.41) is 3.48. The first-order valence-electron chi connectivity index (χ1n) is 4.67. The zero-order valence-corrected chi connectivity index (χ0v) is 6.60. The molecule has 0 aromatic rings. The predicted octanol–water partition coefficient (Wildman–Crippen LogP) is 1.79. The molecule has 0 amide bonds. The molecule has 1 saturated carbocycles. The third-order valence-corrected chi connectivity index (χ3v) is 3.16. The van der Waals surface area contributed by atoms with Gasteiger partial charge in [0.2, 0.25) is 0 Å². The maximum absolute atomic E-state index is 3.48. The third kappa shape index (κ3) is 1.20. The molecule has 2 rings (SSSR count). The lowest BCUT2D eigenvalue weighted by Gasteiger charge is -2.35. The fourth-order valence-corrected chi connectivity index (χ4v) is 2.51. The van der Waals surface area contributed by atoms with Gasteiger partial charge in [-0.05, 0) is 37.8 Å². The van der Waals surface area contributed by atoms with Crippen LogP contribution < -0.4 is 5.32 Å². The molecule has 0 radical (unpaired) electrons. The van der Waals surface area contributed by atoms with Crippen molar-refractivity contribution in [3.63, 3.8) is 0 Å². The van der Waals surface area contributed by atoms with Crippen LogP contribution in [0, 0.1) is 11.8 Å². The first-order chi connectivity index (χ1) is 4.97. The molecule has 1 aliphatic carbocycles. The van der Waals surface area contributed by atoms with E-state index in [0.717, 1.165) is 11.8 Å². The third-order valence-electron chi connectivity index (χ3n) is 3.16. The standard InChI is InChI=1S/C9H17N/c1-2-4-9-7-10-6-5-8(9)3-1/h8-10H,1-7H2/t8-,9-/m1/s1. The molecule has 1 heterocycles. The van der Waals surface area contributed by atoms with Gasteiger partial charge in [0, 0.05) is 0 Å². The minimum absolute atomic E-state index is 1.04. The predicted molar refractivity (Wildman–Crippen MR) is 42.9 cm³/mol. The van der Waals surface area contributed by atoms with Crippen LogP contribution in [-0.2, 0) is 0 Å².